The van der Waals surface area contributed by atoms with Crippen LogP contribution in [0.25, 0.3) is 22.5 Å². The number of benzene rings is 2. The highest BCUT2D eigenvalue weighted by Gasteiger charge is 2.33. The van der Waals surface area contributed by atoms with Crippen LogP contribution < -0.4 is 5.32 Å². The number of aromatic nitrogens is 3. The Hall–Kier alpha value is -4.39. The summed E-state index contributed by atoms with van der Waals surface area (Å²) in [5.41, 5.74) is 5.50. The molecule has 37 heavy (non-hydrogen) atoms. The van der Waals surface area contributed by atoms with Crippen LogP contribution in [0.2, 0.25) is 0 Å². The Morgan fingerprint density at radius 1 is 0.946 bits per heavy atom. The molecule has 1 N–H and O–H groups in total. The predicted octanol–water partition coefficient (Wildman–Crippen LogP) is 4.79. The third-order valence-corrected chi connectivity index (χ3v) is 7.27. The SMILES string of the molecule is O=C1N[C@H](CC(=O)N2CCC[C@H](c3nc(-c4ccncc4)ncc3-c3ccccc3)C2)c2ccccc21. The van der Waals surface area contributed by atoms with E-state index in [0.717, 1.165) is 40.8 Å². The molecule has 2 aromatic carbocycles. The zero-order valence-corrected chi connectivity index (χ0v) is 20.4. The van der Waals surface area contributed by atoms with E-state index < -0.39 is 0 Å². The Morgan fingerprint density at radius 2 is 1.73 bits per heavy atom. The number of pyridine rings is 1. The van der Waals surface area contributed by atoms with E-state index in [-0.39, 0.29) is 30.2 Å². The van der Waals surface area contributed by atoms with Gasteiger partial charge >= 0.3 is 0 Å². The molecule has 2 aliphatic rings. The highest BCUT2D eigenvalue weighted by atomic mass is 16.2. The normalized spacial score (nSPS) is 18.8. The fraction of sp³-hybridized carbons (Fsp3) is 0.233. The van der Waals surface area contributed by atoms with Crippen LogP contribution in [0.3, 0.4) is 0 Å². The van der Waals surface area contributed by atoms with E-state index in [1.165, 1.54) is 0 Å². The summed E-state index contributed by atoms with van der Waals surface area (Å²) in [5.74, 6) is 0.686. The van der Waals surface area contributed by atoms with E-state index in [1.807, 2.05) is 65.7 Å². The van der Waals surface area contributed by atoms with Gasteiger partial charge in [0, 0.05) is 54.3 Å². The second kappa shape index (κ2) is 9.93. The first kappa shape index (κ1) is 23.0. The first-order valence-electron chi connectivity index (χ1n) is 12.7. The number of fused-ring (bicyclic) bond motifs is 1. The maximum Gasteiger partial charge on any atom is 0.252 e. The molecule has 0 aliphatic carbocycles. The average molecular weight is 490 g/mol. The molecular formula is C30H27N5O2. The molecule has 6 rings (SSSR count). The van der Waals surface area contributed by atoms with Crippen molar-refractivity contribution in [3.63, 3.8) is 0 Å². The summed E-state index contributed by atoms with van der Waals surface area (Å²) in [6.45, 7) is 1.30. The Morgan fingerprint density at radius 3 is 2.57 bits per heavy atom. The molecule has 0 spiro atoms. The molecular weight excluding hydrogens is 462 g/mol. The van der Waals surface area contributed by atoms with Crippen molar-refractivity contribution < 1.29 is 9.59 Å². The minimum absolute atomic E-state index is 0.0522. The lowest BCUT2D eigenvalue weighted by Gasteiger charge is -2.34. The molecule has 7 heteroatoms. The van der Waals surface area contributed by atoms with Crippen LogP contribution in [0.4, 0.5) is 0 Å². The highest BCUT2D eigenvalue weighted by Crippen LogP contribution is 2.35. The van der Waals surface area contributed by atoms with Crippen LogP contribution in [0.15, 0.2) is 85.3 Å². The number of carbonyl (C=O) groups is 2. The van der Waals surface area contributed by atoms with Gasteiger partial charge in [-0.15, -0.1) is 0 Å². The molecule has 2 aromatic heterocycles. The number of likely N-dealkylation sites (tertiary alicyclic amines) is 1. The van der Waals surface area contributed by atoms with Gasteiger partial charge in [-0.05, 0) is 42.2 Å². The number of nitrogens with one attached hydrogen (secondary N) is 1. The lowest BCUT2D eigenvalue weighted by Crippen LogP contribution is -2.40. The molecule has 0 saturated carbocycles. The van der Waals surface area contributed by atoms with Gasteiger partial charge in [-0.3, -0.25) is 14.6 Å². The van der Waals surface area contributed by atoms with Crippen molar-refractivity contribution in [2.45, 2.75) is 31.2 Å². The Bertz CT molecular complexity index is 1440. The maximum absolute atomic E-state index is 13.4. The lowest BCUT2D eigenvalue weighted by atomic mass is 9.89. The molecule has 7 nitrogen and oxygen atoms in total. The second-order valence-electron chi connectivity index (χ2n) is 9.59. The number of rotatable bonds is 5. The summed E-state index contributed by atoms with van der Waals surface area (Å²) in [6.07, 6.45) is 7.48. The molecule has 2 aliphatic heterocycles. The van der Waals surface area contributed by atoms with Crippen LogP contribution in [-0.4, -0.2) is 44.8 Å². The smallest absolute Gasteiger partial charge is 0.252 e. The molecule has 184 valence electrons. The van der Waals surface area contributed by atoms with Gasteiger partial charge in [0.1, 0.15) is 0 Å². The minimum atomic E-state index is -0.284. The molecule has 2 amide bonds. The summed E-state index contributed by atoms with van der Waals surface area (Å²) >= 11 is 0. The van der Waals surface area contributed by atoms with Crippen molar-refractivity contribution in [3.8, 4) is 22.5 Å². The van der Waals surface area contributed by atoms with Crippen molar-refractivity contribution in [2.75, 3.05) is 13.1 Å². The summed E-state index contributed by atoms with van der Waals surface area (Å²) in [7, 11) is 0. The summed E-state index contributed by atoms with van der Waals surface area (Å²) in [6, 6.07) is 21.2. The molecule has 0 radical (unpaired) electrons. The largest absolute Gasteiger partial charge is 0.345 e. The van der Waals surface area contributed by atoms with E-state index >= 15 is 0 Å². The summed E-state index contributed by atoms with van der Waals surface area (Å²) in [4.78, 5) is 41.5. The number of hydrogen-bond donors (Lipinski definition) is 1. The molecule has 4 aromatic rings. The first-order valence-corrected chi connectivity index (χ1v) is 12.7. The first-order chi connectivity index (χ1) is 18.2. The third kappa shape index (κ3) is 4.60. The zero-order valence-electron chi connectivity index (χ0n) is 20.4. The quantitative estimate of drug-likeness (QED) is 0.436. The van der Waals surface area contributed by atoms with Crippen molar-refractivity contribution in [2.24, 2.45) is 0 Å². The van der Waals surface area contributed by atoms with E-state index in [0.29, 0.717) is 24.5 Å². The molecule has 1 saturated heterocycles. The van der Waals surface area contributed by atoms with Gasteiger partial charge < -0.3 is 10.2 Å². The Kier molecular flexibility index (Phi) is 6.18. The van der Waals surface area contributed by atoms with Crippen LogP contribution in [0, 0.1) is 0 Å². The fourth-order valence-electron chi connectivity index (χ4n) is 5.40. The molecule has 1 fully saturated rings. The van der Waals surface area contributed by atoms with Gasteiger partial charge in [-0.2, -0.15) is 0 Å². The molecule has 2 atom stereocenters. The van der Waals surface area contributed by atoms with Crippen LogP contribution in [0.5, 0.6) is 0 Å². The Labute approximate surface area is 215 Å². The van der Waals surface area contributed by atoms with Gasteiger partial charge in [0.2, 0.25) is 5.91 Å². The van der Waals surface area contributed by atoms with Gasteiger partial charge in [-0.25, -0.2) is 9.97 Å². The van der Waals surface area contributed by atoms with Gasteiger partial charge in [0.05, 0.1) is 18.2 Å². The van der Waals surface area contributed by atoms with E-state index in [1.54, 1.807) is 12.4 Å². The Balaban J connectivity index is 1.28. The fourth-order valence-corrected chi connectivity index (χ4v) is 5.40. The second-order valence-corrected chi connectivity index (χ2v) is 9.59. The van der Waals surface area contributed by atoms with E-state index in [9.17, 15) is 9.59 Å². The topological polar surface area (TPSA) is 88.1 Å². The average Bonchev–Trinajstić information content (AvgIpc) is 3.28. The van der Waals surface area contributed by atoms with Gasteiger partial charge in [0.25, 0.3) is 5.91 Å². The van der Waals surface area contributed by atoms with Crippen molar-refractivity contribution in [1.82, 2.24) is 25.2 Å². The lowest BCUT2D eigenvalue weighted by molar-refractivity contribution is -0.132. The third-order valence-electron chi connectivity index (χ3n) is 7.27. The van der Waals surface area contributed by atoms with Crippen LogP contribution in [0.1, 0.15) is 52.8 Å². The monoisotopic (exact) mass is 489 g/mol. The number of carbonyl (C=O) groups excluding carboxylic acids is 2. The van der Waals surface area contributed by atoms with E-state index in [4.69, 9.17) is 4.98 Å². The number of piperidine rings is 1. The maximum atomic E-state index is 13.4. The van der Waals surface area contributed by atoms with Crippen molar-refractivity contribution >= 4 is 11.8 Å². The van der Waals surface area contributed by atoms with E-state index in [2.05, 4.69) is 27.4 Å². The number of hydrogen-bond acceptors (Lipinski definition) is 5. The van der Waals surface area contributed by atoms with Gasteiger partial charge in [0.15, 0.2) is 5.82 Å². The predicted molar refractivity (Wildman–Crippen MR) is 141 cm³/mol. The molecule has 0 bridgehead atoms. The van der Waals surface area contributed by atoms with Crippen molar-refractivity contribution in [3.05, 3.63) is 102 Å². The number of amides is 2. The molecule has 0 unspecified atom stereocenters. The summed E-state index contributed by atoms with van der Waals surface area (Å²) in [5, 5.41) is 2.98. The minimum Gasteiger partial charge on any atom is -0.345 e. The number of nitrogens with zero attached hydrogens (tertiary/aromatic N) is 4. The van der Waals surface area contributed by atoms with Crippen LogP contribution >= 0.6 is 0 Å². The highest BCUT2D eigenvalue weighted by molar-refractivity contribution is 5.99. The standard InChI is InChI=1S/C30H27N5O2/c36-27(17-26-23-10-4-5-11-24(23)30(37)33-26)35-16-6-9-22(19-35)28-25(20-7-2-1-3-8-20)18-32-29(34-28)21-12-14-31-15-13-21/h1-5,7-8,10-15,18,22,26H,6,9,16-17,19H2,(H,33,37)/t22-,26+/m0/s1. The van der Waals surface area contributed by atoms with Gasteiger partial charge in [-0.1, -0.05) is 48.5 Å². The zero-order chi connectivity index (χ0) is 25.2. The van der Waals surface area contributed by atoms with Crippen LogP contribution in [-0.2, 0) is 4.79 Å². The summed E-state index contributed by atoms with van der Waals surface area (Å²) < 4.78 is 0. The molecule has 4 heterocycles. The van der Waals surface area contributed by atoms with Crippen molar-refractivity contribution in [1.29, 1.82) is 0 Å².